The van der Waals surface area contributed by atoms with Crippen molar-refractivity contribution in [2.24, 2.45) is 7.05 Å². The van der Waals surface area contributed by atoms with Crippen LogP contribution in [0.15, 0.2) is 41.6 Å². The summed E-state index contributed by atoms with van der Waals surface area (Å²) in [5, 5.41) is 1.33. The first-order valence-electron chi connectivity index (χ1n) is 6.46. The average molecular weight is 391 g/mol. The van der Waals surface area contributed by atoms with Crippen LogP contribution in [0.1, 0.15) is 5.56 Å². The zero-order valence-electron chi connectivity index (χ0n) is 11.3. The molecule has 4 aromatic rings. The van der Waals surface area contributed by atoms with Crippen molar-refractivity contribution in [3.05, 3.63) is 47.2 Å². The molecular weight excluding hydrogens is 378 g/mol. The monoisotopic (exact) mass is 393 g/mol. The number of fused-ring (bicyclic) bond motifs is 3. The summed E-state index contributed by atoms with van der Waals surface area (Å²) >= 11 is 0.834. The van der Waals surface area contributed by atoms with Crippen LogP contribution in [-0.2, 0) is 7.05 Å². The molecule has 0 bridgehead atoms. The Bertz CT molecular complexity index is 934. The molecule has 0 aliphatic carbocycles. The molecule has 0 unspecified atom stereocenters. The Kier molecular flexibility index (Phi) is 2.94. The molecule has 0 aliphatic heterocycles. The Labute approximate surface area is 129 Å². The van der Waals surface area contributed by atoms with E-state index >= 15 is 0 Å². The molecule has 98 valence electrons. The molecule has 20 heavy (non-hydrogen) atoms. The Morgan fingerprint density at radius 3 is 2.80 bits per heavy atom. The van der Waals surface area contributed by atoms with Crippen LogP contribution in [0.5, 0.6) is 0 Å². The topological polar surface area (TPSA) is 16.8 Å². The van der Waals surface area contributed by atoms with E-state index in [1.807, 2.05) is 6.33 Å². The standard InChI is InChI=1S/C16H13N2Se2/c1-10-7-8-19-15(10)14-16-13(17-9-18(14)2)11-5-3-4-6-12(11)20-16/h3-9H,1-2H3/q+1. The van der Waals surface area contributed by atoms with Gasteiger partial charge < -0.3 is 0 Å². The number of rotatable bonds is 1. The van der Waals surface area contributed by atoms with Gasteiger partial charge in [-0.1, -0.05) is 0 Å². The third-order valence-electron chi connectivity index (χ3n) is 3.57. The maximum atomic E-state index is 4.70. The van der Waals surface area contributed by atoms with Crippen LogP contribution in [0.25, 0.3) is 29.6 Å². The van der Waals surface area contributed by atoms with Gasteiger partial charge in [-0.2, -0.15) is 0 Å². The Hall–Kier alpha value is -1.18. The first kappa shape index (κ1) is 12.6. The summed E-state index contributed by atoms with van der Waals surface area (Å²) in [6.45, 7) is 2.22. The molecule has 0 fully saturated rings. The number of hydrogen-bond donors (Lipinski definition) is 0. The zero-order chi connectivity index (χ0) is 13.7. The molecule has 4 heteroatoms. The second-order valence-electron chi connectivity index (χ2n) is 4.91. The van der Waals surface area contributed by atoms with Gasteiger partial charge in [-0.3, -0.25) is 0 Å². The number of aryl methyl sites for hydroxylation is 2. The van der Waals surface area contributed by atoms with E-state index in [4.69, 9.17) is 4.98 Å². The van der Waals surface area contributed by atoms with Gasteiger partial charge in [-0.15, -0.1) is 0 Å². The molecule has 4 rings (SSSR count). The summed E-state index contributed by atoms with van der Waals surface area (Å²) in [6.07, 6.45) is 1.97. The molecule has 0 radical (unpaired) electrons. The van der Waals surface area contributed by atoms with Crippen molar-refractivity contribution < 1.29 is 4.57 Å². The van der Waals surface area contributed by atoms with Crippen molar-refractivity contribution in [3.8, 4) is 10.1 Å². The molecule has 0 saturated carbocycles. The van der Waals surface area contributed by atoms with Crippen molar-refractivity contribution in [2.45, 2.75) is 6.92 Å². The first-order valence-corrected chi connectivity index (χ1v) is 10.0. The van der Waals surface area contributed by atoms with Gasteiger partial charge in [0.05, 0.1) is 0 Å². The van der Waals surface area contributed by atoms with E-state index in [1.165, 1.54) is 35.1 Å². The van der Waals surface area contributed by atoms with E-state index in [9.17, 15) is 0 Å². The fourth-order valence-electron chi connectivity index (χ4n) is 2.56. The van der Waals surface area contributed by atoms with E-state index in [2.05, 4.69) is 53.8 Å². The summed E-state index contributed by atoms with van der Waals surface area (Å²) in [5.41, 5.74) is 4.03. The minimum atomic E-state index is 0.374. The number of benzene rings is 1. The van der Waals surface area contributed by atoms with Gasteiger partial charge in [0.15, 0.2) is 0 Å². The number of aromatic nitrogens is 2. The number of hydrogen-bond acceptors (Lipinski definition) is 1. The van der Waals surface area contributed by atoms with Crippen molar-refractivity contribution >= 4 is 48.4 Å². The van der Waals surface area contributed by atoms with E-state index in [0.717, 1.165) is 0 Å². The van der Waals surface area contributed by atoms with Gasteiger partial charge in [-0.05, 0) is 0 Å². The fourth-order valence-corrected chi connectivity index (χ4v) is 7.64. The van der Waals surface area contributed by atoms with Crippen molar-refractivity contribution in [2.75, 3.05) is 0 Å². The molecule has 0 saturated heterocycles. The Balaban J connectivity index is 2.19. The molecule has 3 aromatic heterocycles. The minimum absolute atomic E-state index is 0.374. The summed E-state index contributed by atoms with van der Waals surface area (Å²) in [6, 6.07) is 11.0. The Morgan fingerprint density at radius 1 is 1.15 bits per heavy atom. The van der Waals surface area contributed by atoms with E-state index in [0.29, 0.717) is 29.0 Å². The Morgan fingerprint density at radius 2 is 2.00 bits per heavy atom. The van der Waals surface area contributed by atoms with Crippen LogP contribution in [0.3, 0.4) is 0 Å². The second kappa shape index (κ2) is 4.68. The van der Waals surface area contributed by atoms with Crippen molar-refractivity contribution in [3.63, 3.8) is 0 Å². The molecule has 3 heterocycles. The van der Waals surface area contributed by atoms with Gasteiger partial charge >= 0.3 is 129 Å². The van der Waals surface area contributed by atoms with Crippen LogP contribution < -0.4 is 4.57 Å². The molecule has 1 aromatic carbocycles. The van der Waals surface area contributed by atoms with Gasteiger partial charge in [0.1, 0.15) is 0 Å². The van der Waals surface area contributed by atoms with E-state index in [1.54, 1.807) is 0 Å². The van der Waals surface area contributed by atoms with Crippen LogP contribution in [0, 0.1) is 6.92 Å². The van der Waals surface area contributed by atoms with Gasteiger partial charge in [0, 0.05) is 0 Å². The SMILES string of the molecule is Cc1cc[se]c1-c1c2[se]c3ccccc3c2nc[n+]1C. The number of nitrogens with zero attached hydrogens (tertiary/aromatic N) is 2. The third kappa shape index (κ3) is 1.77. The summed E-state index contributed by atoms with van der Waals surface area (Å²) in [4.78, 5) is 7.02. The first-order chi connectivity index (χ1) is 9.75. The molecule has 2 nitrogen and oxygen atoms in total. The average Bonchev–Trinajstić information content (AvgIpc) is 3.02. The third-order valence-corrected chi connectivity index (χ3v) is 8.17. The molecule has 0 N–H and O–H groups in total. The summed E-state index contributed by atoms with van der Waals surface area (Å²) < 4.78 is 6.66. The van der Waals surface area contributed by atoms with Gasteiger partial charge in [0.2, 0.25) is 0 Å². The van der Waals surface area contributed by atoms with Crippen LogP contribution in [0.2, 0.25) is 0 Å². The molecule has 0 amide bonds. The van der Waals surface area contributed by atoms with E-state index < -0.39 is 0 Å². The zero-order valence-corrected chi connectivity index (χ0v) is 14.7. The fraction of sp³-hybridized carbons (Fsp3) is 0.125. The van der Waals surface area contributed by atoms with Gasteiger partial charge in [0.25, 0.3) is 0 Å². The summed E-state index contributed by atoms with van der Waals surface area (Å²) in [7, 11) is 2.12. The molecule has 0 spiro atoms. The van der Waals surface area contributed by atoms with Crippen molar-refractivity contribution in [1.82, 2.24) is 4.98 Å². The predicted octanol–water partition coefficient (Wildman–Crippen LogP) is 2.30. The normalized spacial score (nSPS) is 11.5. The van der Waals surface area contributed by atoms with Crippen LogP contribution in [-0.4, -0.2) is 34.0 Å². The quantitative estimate of drug-likeness (QED) is 0.360. The predicted molar refractivity (Wildman–Crippen MR) is 84.5 cm³/mol. The molecule has 0 atom stereocenters. The van der Waals surface area contributed by atoms with Crippen LogP contribution >= 0.6 is 0 Å². The molecular formula is C16H13N2Se2+. The van der Waals surface area contributed by atoms with Crippen molar-refractivity contribution in [1.29, 1.82) is 0 Å². The second-order valence-corrected chi connectivity index (χ2v) is 9.04. The summed E-state index contributed by atoms with van der Waals surface area (Å²) in [5.74, 6) is 0. The maximum absolute atomic E-state index is 4.70. The van der Waals surface area contributed by atoms with Gasteiger partial charge in [-0.25, -0.2) is 0 Å². The van der Waals surface area contributed by atoms with E-state index in [-0.39, 0.29) is 0 Å². The molecule has 0 aliphatic rings. The van der Waals surface area contributed by atoms with Crippen LogP contribution in [0.4, 0.5) is 0 Å².